The van der Waals surface area contributed by atoms with Crippen LogP contribution in [0.3, 0.4) is 0 Å². The third-order valence-electron chi connectivity index (χ3n) is 7.57. The Morgan fingerprint density at radius 3 is 1.88 bits per heavy atom. The van der Waals surface area contributed by atoms with Crippen molar-refractivity contribution in [2.45, 2.75) is 65.0 Å². The van der Waals surface area contributed by atoms with Gasteiger partial charge in [0.15, 0.2) is 0 Å². The molecule has 0 radical (unpaired) electrons. The topological polar surface area (TPSA) is 0 Å². The third-order valence-corrected chi connectivity index (χ3v) is 27.0. The molecule has 2 aliphatic carbocycles. The van der Waals surface area contributed by atoms with Crippen LogP contribution in [0, 0.1) is 0 Å². The molecule has 2 heteroatoms. The average Bonchev–Trinajstić information content (AvgIpc) is 3.04. The Hall–Kier alpha value is -1.13. The van der Waals surface area contributed by atoms with Gasteiger partial charge < -0.3 is 0 Å². The summed E-state index contributed by atoms with van der Waals surface area (Å²) < 4.78 is 0. The van der Waals surface area contributed by atoms with E-state index in [1.54, 1.807) is 27.9 Å². The van der Waals surface area contributed by atoms with E-state index in [4.69, 9.17) is 0 Å². The summed E-state index contributed by atoms with van der Waals surface area (Å²) in [5.74, 6) is 0. The Morgan fingerprint density at radius 2 is 1.29 bits per heavy atom. The van der Waals surface area contributed by atoms with Gasteiger partial charge in [-0.15, -0.1) is 0 Å². The van der Waals surface area contributed by atoms with Crippen LogP contribution in [0.15, 0.2) is 52.6 Å². The molecule has 1 aromatic rings. The Morgan fingerprint density at radius 1 is 0.750 bits per heavy atom. The molecule has 0 nitrogen and oxygen atoms in total. The van der Waals surface area contributed by atoms with Gasteiger partial charge in [0.05, 0.1) is 15.2 Å². The van der Waals surface area contributed by atoms with Crippen molar-refractivity contribution in [1.82, 2.24) is 0 Å². The van der Waals surface area contributed by atoms with E-state index >= 15 is 0 Å². The van der Waals surface area contributed by atoms with E-state index in [1.807, 2.05) is 0 Å². The van der Waals surface area contributed by atoms with Crippen molar-refractivity contribution in [2.75, 3.05) is 0 Å². The summed E-state index contributed by atoms with van der Waals surface area (Å²) in [4.78, 5) is 0. The molecule has 3 rings (SSSR count). The van der Waals surface area contributed by atoms with Crippen LogP contribution in [0.25, 0.3) is 6.08 Å². The lowest BCUT2D eigenvalue weighted by molar-refractivity contribution is 1.07. The van der Waals surface area contributed by atoms with Crippen LogP contribution >= 0.6 is 0 Å². The van der Waals surface area contributed by atoms with E-state index in [1.165, 1.54) is 5.56 Å². The molecule has 0 fully saturated rings. The van der Waals surface area contributed by atoms with E-state index in [-0.39, 0.29) is 0 Å². The molecule has 1 unspecified atom stereocenters. The van der Waals surface area contributed by atoms with Gasteiger partial charge in [-0.05, 0) is 61.1 Å². The lowest BCUT2D eigenvalue weighted by Gasteiger charge is -2.47. The SMILES string of the molecule is CC1=C(C)C([Si](C)(C)[Si](C)(C)C2C=Cc3ccccc32)C(C)=C1C. The Kier molecular flexibility index (Phi) is 4.20. The minimum atomic E-state index is -1.47. The highest BCUT2D eigenvalue weighted by atomic mass is 29.3. The van der Waals surface area contributed by atoms with Gasteiger partial charge in [0.2, 0.25) is 0 Å². The molecular weight excluding hydrogens is 320 g/mol. The molecule has 1 atom stereocenters. The normalized spacial score (nSPS) is 21.9. The Balaban J connectivity index is 2.06. The zero-order valence-electron chi connectivity index (χ0n) is 16.6. The fourth-order valence-electron chi connectivity index (χ4n) is 5.08. The van der Waals surface area contributed by atoms with E-state index < -0.39 is 15.2 Å². The van der Waals surface area contributed by atoms with Crippen LogP contribution in [0.2, 0.25) is 31.7 Å². The molecular formula is C22H32Si2. The summed E-state index contributed by atoms with van der Waals surface area (Å²) in [5, 5.41) is 0. The number of benzene rings is 1. The first kappa shape index (κ1) is 17.7. The van der Waals surface area contributed by atoms with Crippen molar-refractivity contribution in [3.8, 4) is 0 Å². The van der Waals surface area contributed by atoms with Gasteiger partial charge in [0.1, 0.15) is 0 Å². The largest absolute Gasteiger partial charge is 0.0794 e. The lowest BCUT2D eigenvalue weighted by atomic mass is 10.1. The number of hydrogen-bond donors (Lipinski definition) is 0. The van der Waals surface area contributed by atoms with E-state index in [9.17, 15) is 0 Å². The molecule has 0 amide bonds. The first-order chi connectivity index (χ1) is 11.1. The highest BCUT2D eigenvalue weighted by Crippen LogP contribution is 2.52. The fourth-order valence-corrected chi connectivity index (χ4v) is 17.5. The minimum Gasteiger partial charge on any atom is -0.0794 e. The summed E-state index contributed by atoms with van der Waals surface area (Å²) in [6.45, 7) is 20.2. The molecule has 1 aromatic carbocycles. The summed E-state index contributed by atoms with van der Waals surface area (Å²) in [6.07, 6.45) is 4.90. The monoisotopic (exact) mass is 352 g/mol. The number of allylic oxidation sites excluding steroid dienone is 5. The van der Waals surface area contributed by atoms with Gasteiger partial charge in [-0.2, -0.15) is 0 Å². The number of hydrogen-bond acceptors (Lipinski definition) is 0. The van der Waals surface area contributed by atoms with Gasteiger partial charge in [0.25, 0.3) is 0 Å². The highest BCUT2D eigenvalue weighted by Gasteiger charge is 2.53. The van der Waals surface area contributed by atoms with E-state index in [2.05, 4.69) is 90.3 Å². The van der Waals surface area contributed by atoms with Gasteiger partial charge in [-0.25, -0.2) is 0 Å². The van der Waals surface area contributed by atoms with Gasteiger partial charge >= 0.3 is 0 Å². The quantitative estimate of drug-likeness (QED) is 0.520. The van der Waals surface area contributed by atoms with Crippen LogP contribution < -0.4 is 0 Å². The third kappa shape index (κ3) is 2.30. The maximum atomic E-state index is 2.68. The van der Waals surface area contributed by atoms with Gasteiger partial charge in [-0.1, -0.05) is 73.8 Å². The fraction of sp³-hybridized carbons (Fsp3) is 0.455. The zero-order chi connectivity index (χ0) is 17.9. The van der Waals surface area contributed by atoms with Crippen molar-refractivity contribution in [3.05, 3.63) is 63.8 Å². The number of fused-ring (bicyclic) bond motifs is 1. The van der Waals surface area contributed by atoms with Crippen LogP contribution in [-0.4, -0.2) is 15.2 Å². The molecule has 0 heterocycles. The van der Waals surface area contributed by atoms with Crippen molar-refractivity contribution in [3.63, 3.8) is 0 Å². The van der Waals surface area contributed by atoms with Crippen LogP contribution in [0.1, 0.15) is 44.4 Å². The van der Waals surface area contributed by atoms with Crippen LogP contribution in [0.4, 0.5) is 0 Å². The molecule has 0 N–H and O–H groups in total. The second-order valence-electron chi connectivity index (χ2n) is 8.96. The zero-order valence-corrected chi connectivity index (χ0v) is 18.6. The molecule has 0 aliphatic heterocycles. The Labute approximate surface area is 150 Å². The van der Waals surface area contributed by atoms with Crippen molar-refractivity contribution < 1.29 is 0 Å². The van der Waals surface area contributed by atoms with Crippen molar-refractivity contribution >= 4 is 21.3 Å². The molecule has 0 saturated carbocycles. The predicted octanol–water partition coefficient (Wildman–Crippen LogP) is 6.89. The molecule has 0 bridgehead atoms. The van der Waals surface area contributed by atoms with Gasteiger partial charge in [-0.3, -0.25) is 0 Å². The van der Waals surface area contributed by atoms with Crippen molar-refractivity contribution in [2.24, 2.45) is 0 Å². The smallest absolute Gasteiger partial charge is 0.0548 e. The van der Waals surface area contributed by atoms with Crippen molar-refractivity contribution in [1.29, 1.82) is 0 Å². The lowest BCUT2D eigenvalue weighted by Crippen LogP contribution is -2.61. The maximum Gasteiger partial charge on any atom is 0.0548 e. The summed E-state index contributed by atoms with van der Waals surface area (Å²) >= 11 is 0. The highest BCUT2D eigenvalue weighted by molar-refractivity contribution is 7.42. The first-order valence-electron chi connectivity index (χ1n) is 9.23. The minimum absolute atomic E-state index is 0.678. The van der Waals surface area contributed by atoms with Gasteiger partial charge in [0, 0.05) is 0 Å². The molecule has 0 saturated heterocycles. The van der Waals surface area contributed by atoms with E-state index in [0.29, 0.717) is 5.54 Å². The predicted molar refractivity (Wildman–Crippen MR) is 114 cm³/mol. The van der Waals surface area contributed by atoms with Crippen LogP contribution in [-0.2, 0) is 0 Å². The second-order valence-corrected chi connectivity index (χ2v) is 24.8. The first-order valence-corrected chi connectivity index (χ1v) is 16.4. The molecule has 0 spiro atoms. The number of rotatable bonds is 3. The summed E-state index contributed by atoms with van der Waals surface area (Å²) in [5.41, 5.74) is 10.9. The summed E-state index contributed by atoms with van der Waals surface area (Å²) in [6, 6.07) is 9.05. The van der Waals surface area contributed by atoms with Crippen LogP contribution in [0.5, 0.6) is 0 Å². The molecule has 128 valence electrons. The maximum absolute atomic E-state index is 2.68. The molecule has 2 aliphatic rings. The second kappa shape index (κ2) is 5.70. The Bertz CT molecular complexity index is 751. The average molecular weight is 353 g/mol. The summed E-state index contributed by atoms with van der Waals surface area (Å²) in [7, 11) is -2.94. The molecule has 0 aromatic heterocycles. The standard InChI is InChI=1S/C22H32Si2/c1-15-16(2)18(4)22(17(15)3)24(7,8)23(5,6)21-14-13-19-11-9-10-12-20(19)21/h9-14,21-22H,1-8H3. The van der Waals surface area contributed by atoms with E-state index in [0.717, 1.165) is 5.54 Å². The molecule has 24 heavy (non-hydrogen) atoms.